The molecule has 2 aromatic carbocycles. The maximum absolute atomic E-state index is 13.7. The standard InChI is InChI=1S/C30H32ClNO5/c1-18-15-24(27-21-5-4-6-22(21)29(34)37-25(27)16-18)36-17-26(33)32-14-13-30(35)12-3-2-7-23(30)28(32)19-8-10-20(31)11-9-19/h8-11,15-16,23,28,35H,2-7,12-14,17H2,1H3/t23-,28+,30-/m1/s1. The van der Waals surface area contributed by atoms with Gasteiger partial charge in [-0.15, -0.1) is 0 Å². The zero-order valence-corrected chi connectivity index (χ0v) is 21.9. The molecule has 1 aromatic heterocycles. The van der Waals surface area contributed by atoms with Crippen LogP contribution in [0.1, 0.15) is 66.8 Å². The van der Waals surface area contributed by atoms with Gasteiger partial charge < -0.3 is 19.2 Å². The second-order valence-corrected chi connectivity index (χ2v) is 11.4. The Labute approximate surface area is 221 Å². The molecule has 2 fully saturated rings. The highest BCUT2D eigenvalue weighted by atomic mass is 35.5. The topological polar surface area (TPSA) is 80.0 Å². The van der Waals surface area contributed by atoms with E-state index in [2.05, 4.69) is 0 Å². The number of rotatable bonds is 4. The van der Waals surface area contributed by atoms with E-state index < -0.39 is 5.60 Å². The number of aryl methyl sites for hydroxylation is 2. The molecule has 2 aliphatic carbocycles. The number of halogens is 1. The van der Waals surface area contributed by atoms with Gasteiger partial charge in [0.05, 0.1) is 17.0 Å². The molecule has 1 N–H and O–H groups in total. The summed E-state index contributed by atoms with van der Waals surface area (Å²) in [5.74, 6) is 0.438. The minimum Gasteiger partial charge on any atom is -0.483 e. The van der Waals surface area contributed by atoms with E-state index in [1.807, 2.05) is 48.2 Å². The number of amides is 1. The number of nitrogens with zero attached hydrogens (tertiary/aromatic N) is 1. The zero-order valence-electron chi connectivity index (χ0n) is 21.1. The molecule has 3 atom stereocenters. The molecule has 1 saturated heterocycles. The monoisotopic (exact) mass is 521 g/mol. The maximum Gasteiger partial charge on any atom is 0.339 e. The summed E-state index contributed by atoms with van der Waals surface area (Å²) in [4.78, 5) is 28.1. The van der Waals surface area contributed by atoms with Crippen LogP contribution in [0.2, 0.25) is 5.02 Å². The van der Waals surface area contributed by atoms with Crippen LogP contribution in [0.3, 0.4) is 0 Å². The Morgan fingerprint density at radius 1 is 1.14 bits per heavy atom. The molecule has 37 heavy (non-hydrogen) atoms. The first-order chi connectivity index (χ1) is 17.8. The van der Waals surface area contributed by atoms with Gasteiger partial charge >= 0.3 is 5.63 Å². The Morgan fingerprint density at radius 2 is 1.92 bits per heavy atom. The molecule has 0 radical (unpaired) electrons. The number of hydrogen-bond donors (Lipinski definition) is 1. The van der Waals surface area contributed by atoms with Crippen molar-refractivity contribution in [2.24, 2.45) is 5.92 Å². The SMILES string of the molecule is Cc1cc(OCC(=O)N2CC[C@]3(O)CCCC[C@@H]3[C@@H]2c2ccc(Cl)cc2)c2c3c(c(=O)oc2c1)CCC3. The van der Waals surface area contributed by atoms with Crippen molar-refractivity contribution < 1.29 is 19.1 Å². The molecule has 7 heteroatoms. The molecule has 6 rings (SSSR count). The van der Waals surface area contributed by atoms with Crippen LogP contribution in [0.25, 0.3) is 11.0 Å². The third-order valence-electron chi connectivity index (χ3n) is 8.63. The zero-order chi connectivity index (χ0) is 25.7. The fourth-order valence-corrected chi connectivity index (χ4v) is 7.00. The predicted molar refractivity (Wildman–Crippen MR) is 142 cm³/mol. The number of carbonyl (C=O) groups is 1. The highest BCUT2D eigenvalue weighted by Gasteiger charge is 2.50. The summed E-state index contributed by atoms with van der Waals surface area (Å²) in [6.07, 6.45) is 6.69. The molecular weight excluding hydrogens is 490 g/mol. The van der Waals surface area contributed by atoms with Crippen molar-refractivity contribution in [1.29, 1.82) is 0 Å². The number of piperidine rings is 1. The van der Waals surface area contributed by atoms with E-state index in [0.717, 1.165) is 66.2 Å². The van der Waals surface area contributed by atoms with Crippen molar-refractivity contribution >= 4 is 28.5 Å². The Balaban J connectivity index is 1.31. The highest BCUT2D eigenvalue weighted by molar-refractivity contribution is 6.30. The van der Waals surface area contributed by atoms with Crippen LogP contribution in [0.5, 0.6) is 5.75 Å². The van der Waals surface area contributed by atoms with Crippen LogP contribution >= 0.6 is 11.6 Å². The number of hydrogen-bond acceptors (Lipinski definition) is 5. The van der Waals surface area contributed by atoms with E-state index in [9.17, 15) is 14.7 Å². The van der Waals surface area contributed by atoms with Gasteiger partial charge in [-0.1, -0.05) is 36.6 Å². The molecule has 0 unspecified atom stereocenters. The molecule has 6 nitrogen and oxygen atoms in total. The highest BCUT2D eigenvalue weighted by Crippen LogP contribution is 2.49. The van der Waals surface area contributed by atoms with Gasteiger partial charge in [-0.05, 0) is 86.4 Å². The Kier molecular flexibility index (Phi) is 6.28. The number of ether oxygens (including phenoxy) is 1. The smallest absolute Gasteiger partial charge is 0.339 e. The molecule has 2 heterocycles. The molecule has 1 saturated carbocycles. The van der Waals surface area contributed by atoms with Crippen molar-refractivity contribution in [2.45, 2.75) is 69.9 Å². The number of carbonyl (C=O) groups excluding carboxylic acids is 1. The quantitative estimate of drug-likeness (QED) is 0.457. The minimum absolute atomic E-state index is 0.0301. The Hall–Kier alpha value is -2.83. The number of fused-ring (bicyclic) bond motifs is 4. The summed E-state index contributed by atoms with van der Waals surface area (Å²) in [6.45, 7) is 2.27. The average Bonchev–Trinajstić information content (AvgIpc) is 3.37. The lowest BCUT2D eigenvalue weighted by Crippen LogP contribution is -2.56. The lowest BCUT2D eigenvalue weighted by molar-refractivity contribution is -0.157. The van der Waals surface area contributed by atoms with Gasteiger partial charge in [-0.2, -0.15) is 0 Å². The van der Waals surface area contributed by atoms with Crippen molar-refractivity contribution in [3.63, 3.8) is 0 Å². The predicted octanol–water partition coefficient (Wildman–Crippen LogP) is 5.52. The van der Waals surface area contributed by atoms with E-state index >= 15 is 0 Å². The van der Waals surface area contributed by atoms with Crippen LogP contribution in [-0.2, 0) is 17.6 Å². The molecule has 194 valence electrons. The summed E-state index contributed by atoms with van der Waals surface area (Å²) in [7, 11) is 0. The number of benzene rings is 2. The van der Waals surface area contributed by atoms with E-state index in [1.54, 1.807) is 0 Å². The average molecular weight is 522 g/mol. The molecule has 3 aliphatic rings. The van der Waals surface area contributed by atoms with Gasteiger partial charge in [0, 0.05) is 23.0 Å². The first-order valence-electron chi connectivity index (χ1n) is 13.3. The molecule has 0 bridgehead atoms. The van der Waals surface area contributed by atoms with E-state index in [-0.39, 0.29) is 30.1 Å². The van der Waals surface area contributed by atoms with Crippen LogP contribution in [0.15, 0.2) is 45.6 Å². The Morgan fingerprint density at radius 3 is 2.73 bits per heavy atom. The van der Waals surface area contributed by atoms with Gasteiger partial charge in [0.15, 0.2) is 6.61 Å². The third-order valence-corrected chi connectivity index (χ3v) is 8.88. The fraction of sp³-hybridized carbons (Fsp3) is 0.467. The van der Waals surface area contributed by atoms with Crippen LogP contribution in [0, 0.1) is 12.8 Å². The number of aliphatic hydroxyl groups is 1. The summed E-state index contributed by atoms with van der Waals surface area (Å²) in [5.41, 5.74) is 3.08. The molecule has 3 aromatic rings. The normalized spacial score (nSPS) is 25.1. The van der Waals surface area contributed by atoms with Crippen molar-refractivity contribution in [3.05, 3.63) is 74.1 Å². The maximum atomic E-state index is 13.7. The van der Waals surface area contributed by atoms with Crippen molar-refractivity contribution in [1.82, 2.24) is 4.90 Å². The van der Waals surface area contributed by atoms with Crippen molar-refractivity contribution in [3.8, 4) is 5.75 Å². The van der Waals surface area contributed by atoms with E-state index in [0.29, 0.717) is 35.7 Å². The van der Waals surface area contributed by atoms with Crippen LogP contribution in [0.4, 0.5) is 0 Å². The molecular formula is C30H32ClNO5. The van der Waals surface area contributed by atoms with Gasteiger partial charge in [-0.25, -0.2) is 4.79 Å². The first-order valence-corrected chi connectivity index (χ1v) is 13.7. The van der Waals surface area contributed by atoms with Crippen LogP contribution in [-0.4, -0.2) is 34.7 Å². The second-order valence-electron chi connectivity index (χ2n) is 10.9. The summed E-state index contributed by atoms with van der Waals surface area (Å²) in [5, 5.41) is 13.0. The minimum atomic E-state index is -0.759. The van der Waals surface area contributed by atoms with Gasteiger partial charge in [-0.3, -0.25) is 4.79 Å². The first kappa shape index (κ1) is 24.5. The van der Waals surface area contributed by atoms with Crippen molar-refractivity contribution in [2.75, 3.05) is 13.2 Å². The lowest BCUT2D eigenvalue weighted by Gasteiger charge is -2.52. The molecule has 1 aliphatic heterocycles. The summed E-state index contributed by atoms with van der Waals surface area (Å²) < 4.78 is 11.8. The molecule has 1 amide bonds. The third kappa shape index (κ3) is 4.34. The largest absolute Gasteiger partial charge is 0.483 e. The van der Waals surface area contributed by atoms with E-state index in [4.69, 9.17) is 20.8 Å². The van der Waals surface area contributed by atoms with Gasteiger partial charge in [0.2, 0.25) is 0 Å². The summed E-state index contributed by atoms with van der Waals surface area (Å²) in [6, 6.07) is 11.2. The van der Waals surface area contributed by atoms with Crippen LogP contribution < -0.4 is 10.4 Å². The molecule has 0 spiro atoms. The van der Waals surface area contributed by atoms with Gasteiger partial charge in [0.1, 0.15) is 11.3 Å². The second kappa shape index (κ2) is 9.48. The van der Waals surface area contributed by atoms with Gasteiger partial charge in [0.25, 0.3) is 5.91 Å². The lowest BCUT2D eigenvalue weighted by atomic mass is 9.66. The fourth-order valence-electron chi connectivity index (χ4n) is 6.88. The number of likely N-dealkylation sites (tertiary alicyclic amines) is 1. The Bertz CT molecular complexity index is 1410. The summed E-state index contributed by atoms with van der Waals surface area (Å²) >= 11 is 6.17. The van der Waals surface area contributed by atoms with E-state index in [1.165, 1.54) is 0 Å².